The molecule has 0 unspecified atom stereocenters. The zero-order chi connectivity index (χ0) is 23.5. The first kappa shape index (κ1) is 22.6. The minimum absolute atomic E-state index is 0.150. The number of carbonyl (C=O) groups is 2. The Morgan fingerprint density at radius 3 is 2.38 bits per heavy atom. The van der Waals surface area contributed by atoms with Crippen molar-refractivity contribution in [2.75, 3.05) is 39.8 Å². The lowest BCUT2D eigenvalue weighted by molar-refractivity contribution is 0.0597. The molecule has 176 valence electrons. The normalized spacial score (nSPS) is 19.4. The van der Waals surface area contributed by atoms with Crippen LogP contribution in [-0.4, -0.2) is 61.5 Å². The smallest absolute Gasteiger partial charge is 0.338 e. The summed E-state index contributed by atoms with van der Waals surface area (Å²) in [7, 11) is 1.44. The fourth-order valence-electron chi connectivity index (χ4n) is 5.69. The van der Waals surface area contributed by atoms with Crippen molar-refractivity contribution in [2.45, 2.75) is 25.2 Å². The predicted molar refractivity (Wildman–Crippen MR) is 134 cm³/mol. The van der Waals surface area contributed by atoms with Crippen LogP contribution in [0.4, 0.5) is 0 Å². The van der Waals surface area contributed by atoms with E-state index in [0.717, 1.165) is 73.9 Å². The molecule has 0 aromatic heterocycles. The van der Waals surface area contributed by atoms with Gasteiger partial charge in [0.25, 0.3) is 5.91 Å². The molecule has 0 N–H and O–H groups in total. The van der Waals surface area contributed by atoms with Gasteiger partial charge in [-0.25, -0.2) is 4.79 Å². The molecule has 1 atom stereocenters. The maximum atomic E-state index is 13.3. The second kappa shape index (κ2) is 9.98. The minimum atomic E-state index is -0.250. The lowest BCUT2D eigenvalue weighted by Crippen LogP contribution is -2.38. The lowest BCUT2D eigenvalue weighted by atomic mass is 9.86. The Morgan fingerprint density at radius 2 is 1.56 bits per heavy atom. The van der Waals surface area contributed by atoms with Crippen LogP contribution in [0.3, 0.4) is 0 Å². The van der Waals surface area contributed by atoms with Crippen molar-refractivity contribution in [1.82, 2.24) is 9.80 Å². The van der Waals surface area contributed by atoms with Crippen molar-refractivity contribution in [2.24, 2.45) is 5.92 Å². The van der Waals surface area contributed by atoms with E-state index in [-0.39, 0.29) is 11.9 Å². The van der Waals surface area contributed by atoms with Crippen molar-refractivity contribution >= 4 is 22.6 Å². The third-order valence-electron chi connectivity index (χ3n) is 7.50. The van der Waals surface area contributed by atoms with E-state index in [9.17, 15) is 9.59 Å². The molecule has 2 fully saturated rings. The Hall–Kier alpha value is -3.18. The summed E-state index contributed by atoms with van der Waals surface area (Å²) in [5.74, 6) is 0.801. The topological polar surface area (TPSA) is 49.9 Å². The highest BCUT2D eigenvalue weighted by Crippen LogP contribution is 2.32. The molecule has 0 aliphatic carbocycles. The Bertz CT molecular complexity index is 1180. The molecular weight excluding hydrogens is 424 g/mol. The second-order valence-corrected chi connectivity index (χ2v) is 9.59. The molecule has 2 saturated heterocycles. The molecule has 0 saturated carbocycles. The standard InChI is InChI=1S/C29H32N2O3/c1-34-29(33)27-11-5-4-10-25(27)23-14-16-30(17-15-23)19-21-13-18-31(20-21)28(32)26-12-6-8-22-7-2-3-9-24(22)26/h2-12,21,23H,13-20H2,1H3/t21-/m1/s1. The Morgan fingerprint density at radius 1 is 0.853 bits per heavy atom. The van der Waals surface area contributed by atoms with Gasteiger partial charge in [0.05, 0.1) is 12.7 Å². The number of amides is 1. The average molecular weight is 457 g/mol. The van der Waals surface area contributed by atoms with Crippen LogP contribution in [0.1, 0.15) is 51.5 Å². The summed E-state index contributed by atoms with van der Waals surface area (Å²) in [5, 5.41) is 2.15. The molecule has 0 radical (unpaired) electrons. The Kier molecular flexibility index (Phi) is 6.63. The lowest BCUT2D eigenvalue weighted by Gasteiger charge is -2.34. The van der Waals surface area contributed by atoms with Gasteiger partial charge in [-0.1, -0.05) is 54.6 Å². The number of hydrogen-bond acceptors (Lipinski definition) is 4. The van der Waals surface area contributed by atoms with Crippen LogP contribution in [0.5, 0.6) is 0 Å². The Balaban J connectivity index is 1.17. The molecule has 2 aliphatic heterocycles. The zero-order valence-corrected chi connectivity index (χ0v) is 19.8. The zero-order valence-electron chi connectivity index (χ0n) is 19.8. The van der Waals surface area contributed by atoms with E-state index in [1.807, 2.05) is 53.4 Å². The molecule has 1 amide bonds. The van der Waals surface area contributed by atoms with Gasteiger partial charge in [-0.15, -0.1) is 0 Å². The van der Waals surface area contributed by atoms with Crippen molar-refractivity contribution in [3.63, 3.8) is 0 Å². The molecule has 3 aromatic rings. The van der Waals surface area contributed by atoms with Gasteiger partial charge in [-0.05, 0) is 72.7 Å². The van der Waals surface area contributed by atoms with Crippen molar-refractivity contribution in [3.8, 4) is 0 Å². The van der Waals surface area contributed by atoms with Gasteiger partial charge in [0.15, 0.2) is 0 Å². The summed E-state index contributed by atoms with van der Waals surface area (Å²) in [5.41, 5.74) is 2.62. The molecule has 3 aromatic carbocycles. The van der Waals surface area contributed by atoms with Gasteiger partial charge < -0.3 is 14.5 Å². The molecule has 5 heteroatoms. The first-order chi connectivity index (χ1) is 16.6. The summed E-state index contributed by atoms with van der Waals surface area (Å²) >= 11 is 0. The van der Waals surface area contributed by atoms with Crippen molar-refractivity contribution in [1.29, 1.82) is 0 Å². The number of hydrogen-bond donors (Lipinski definition) is 0. The van der Waals surface area contributed by atoms with Gasteiger partial charge in [0.1, 0.15) is 0 Å². The van der Waals surface area contributed by atoms with Crippen LogP contribution in [0.15, 0.2) is 66.7 Å². The van der Waals surface area contributed by atoms with Gasteiger partial charge >= 0.3 is 5.97 Å². The fourth-order valence-corrected chi connectivity index (χ4v) is 5.69. The summed E-state index contributed by atoms with van der Waals surface area (Å²) in [4.78, 5) is 30.0. The van der Waals surface area contributed by atoms with Crippen LogP contribution in [-0.2, 0) is 4.74 Å². The SMILES string of the molecule is COC(=O)c1ccccc1C1CCN(C[C@H]2CCN(C(=O)c3cccc4ccccc34)C2)CC1. The van der Waals surface area contributed by atoms with Crippen LogP contribution in [0, 0.1) is 5.92 Å². The minimum Gasteiger partial charge on any atom is -0.465 e. The van der Waals surface area contributed by atoms with Gasteiger partial charge in [0.2, 0.25) is 0 Å². The Labute approximate surface area is 201 Å². The number of benzene rings is 3. The second-order valence-electron chi connectivity index (χ2n) is 9.59. The number of carbonyl (C=O) groups excluding carboxylic acids is 2. The summed E-state index contributed by atoms with van der Waals surface area (Å²) < 4.78 is 4.98. The number of fused-ring (bicyclic) bond motifs is 1. The number of nitrogens with zero attached hydrogens (tertiary/aromatic N) is 2. The molecule has 5 rings (SSSR count). The van der Waals surface area contributed by atoms with E-state index >= 15 is 0 Å². The van der Waals surface area contributed by atoms with Gasteiger partial charge in [0, 0.05) is 25.2 Å². The van der Waals surface area contributed by atoms with Crippen LogP contribution < -0.4 is 0 Å². The van der Waals surface area contributed by atoms with Crippen LogP contribution in [0.2, 0.25) is 0 Å². The number of ether oxygens (including phenoxy) is 1. The summed E-state index contributed by atoms with van der Waals surface area (Å²) in [6.45, 7) is 4.73. The van der Waals surface area contributed by atoms with E-state index in [2.05, 4.69) is 23.1 Å². The molecule has 2 aliphatic rings. The molecule has 34 heavy (non-hydrogen) atoms. The quantitative estimate of drug-likeness (QED) is 0.509. The highest BCUT2D eigenvalue weighted by atomic mass is 16.5. The van der Waals surface area contributed by atoms with E-state index in [4.69, 9.17) is 4.74 Å². The van der Waals surface area contributed by atoms with Gasteiger partial charge in [-0.2, -0.15) is 0 Å². The number of methoxy groups -OCH3 is 1. The predicted octanol–water partition coefficient (Wildman–Crippen LogP) is 4.97. The molecular formula is C29H32N2O3. The number of rotatable bonds is 5. The van der Waals surface area contributed by atoms with E-state index in [1.165, 1.54) is 7.11 Å². The third kappa shape index (κ3) is 4.58. The maximum absolute atomic E-state index is 13.3. The molecule has 2 heterocycles. The first-order valence-electron chi connectivity index (χ1n) is 12.3. The van der Waals surface area contributed by atoms with E-state index in [0.29, 0.717) is 17.4 Å². The fraction of sp³-hybridized carbons (Fsp3) is 0.379. The molecule has 5 nitrogen and oxygen atoms in total. The maximum Gasteiger partial charge on any atom is 0.338 e. The molecule has 0 spiro atoms. The average Bonchev–Trinajstić information content (AvgIpc) is 3.36. The van der Waals surface area contributed by atoms with E-state index < -0.39 is 0 Å². The molecule has 0 bridgehead atoms. The highest BCUT2D eigenvalue weighted by Gasteiger charge is 2.31. The van der Waals surface area contributed by atoms with Crippen LogP contribution >= 0.6 is 0 Å². The largest absolute Gasteiger partial charge is 0.465 e. The van der Waals surface area contributed by atoms with Crippen LogP contribution in [0.25, 0.3) is 10.8 Å². The number of likely N-dealkylation sites (tertiary alicyclic amines) is 2. The number of piperidine rings is 1. The summed E-state index contributed by atoms with van der Waals surface area (Å²) in [6, 6.07) is 22.0. The summed E-state index contributed by atoms with van der Waals surface area (Å²) in [6.07, 6.45) is 3.14. The monoisotopic (exact) mass is 456 g/mol. The van der Waals surface area contributed by atoms with Crippen molar-refractivity contribution in [3.05, 3.63) is 83.4 Å². The number of esters is 1. The van der Waals surface area contributed by atoms with Crippen molar-refractivity contribution < 1.29 is 14.3 Å². The highest BCUT2D eigenvalue weighted by molar-refractivity contribution is 6.07. The van der Waals surface area contributed by atoms with Gasteiger partial charge in [-0.3, -0.25) is 4.79 Å². The first-order valence-corrected chi connectivity index (χ1v) is 12.3. The third-order valence-corrected chi connectivity index (χ3v) is 7.50. The van der Waals surface area contributed by atoms with E-state index in [1.54, 1.807) is 0 Å².